The van der Waals surface area contributed by atoms with Crippen LogP contribution in [-0.2, 0) is 5.54 Å². The van der Waals surface area contributed by atoms with Gasteiger partial charge in [0.1, 0.15) is 0 Å². The fourth-order valence-electron chi connectivity index (χ4n) is 3.64. The molecule has 1 aromatic heterocycles. The Hall–Kier alpha value is -2.96. The van der Waals surface area contributed by atoms with Crippen LogP contribution >= 0.6 is 0 Å². The maximum Gasteiger partial charge on any atom is 0.252 e. The Morgan fingerprint density at radius 2 is 2.04 bits per heavy atom. The summed E-state index contributed by atoms with van der Waals surface area (Å²) < 4.78 is 1.71. The van der Waals surface area contributed by atoms with E-state index < -0.39 is 11.6 Å². The lowest BCUT2D eigenvalue weighted by molar-refractivity contribution is 0.0289. The van der Waals surface area contributed by atoms with Gasteiger partial charge in [-0.1, -0.05) is 36.4 Å². The molecule has 0 spiro atoms. The molecule has 3 aromatic rings. The van der Waals surface area contributed by atoms with E-state index in [1.165, 1.54) is 0 Å². The Morgan fingerprint density at radius 1 is 1.19 bits per heavy atom. The van der Waals surface area contributed by atoms with E-state index in [2.05, 4.69) is 15.7 Å². The molecule has 1 aliphatic rings. The molecule has 6 nitrogen and oxygen atoms in total. The number of carbonyl (C=O) groups excluding carboxylic acids is 1. The monoisotopic (exact) mass is 362 g/mol. The normalized spacial score (nSPS) is 22.3. The molecule has 2 heterocycles. The van der Waals surface area contributed by atoms with E-state index in [9.17, 15) is 9.90 Å². The number of piperidine rings is 1. The zero-order chi connectivity index (χ0) is 18.7. The quantitative estimate of drug-likeness (QED) is 0.662. The van der Waals surface area contributed by atoms with Crippen molar-refractivity contribution in [2.24, 2.45) is 0 Å². The van der Waals surface area contributed by atoms with E-state index in [0.29, 0.717) is 18.5 Å². The third-order valence-corrected chi connectivity index (χ3v) is 5.11. The Labute approximate surface area is 157 Å². The number of rotatable bonds is 4. The van der Waals surface area contributed by atoms with Crippen molar-refractivity contribution in [1.82, 2.24) is 20.4 Å². The third kappa shape index (κ3) is 3.37. The standard InChI is InChI=1S/C21H22N4O2/c26-19-15-22-12-10-21(19,17-7-2-1-3-8-17)24-20(27)16-6-4-9-18(14-16)25-13-5-11-23-25/h1-9,11,13-14,19,22,26H,10,12,15H2,(H,24,27)/t19-,21+/m1/s1. The molecule has 1 fully saturated rings. The molecule has 0 bridgehead atoms. The van der Waals surface area contributed by atoms with Crippen LogP contribution in [0.4, 0.5) is 0 Å². The van der Waals surface area contributed by atoms with Gasteiger partial charge in [0.05, 0.1) is 17.3 Å². The van der Waals surface area contributed by atoms with E-state index in [1.54, 1.807) is 23.0 Å². The lowest BCUT2D eigenvalue weighted by Gasteiger charge is -2.43. The van der Waals surface area contributed by atoms with Crippen molar-refractivity contribution in [3.63, 3.8) is 0 Å². The molecule has 0 radical (unpaired) electrons. The molecule has 138 valence electrons. The number of hydrogen-bond donors (Lipinski definition) is 3. The minimum absolute atomic E-state index is 0.214. The summed E-state index contributed by atoms with van der Waals surface area (Å²) in [7, 11) is 0. The van der Waals surface area contributed by atoms with Crippen LogP contribution in [0.25, 0.3) is 5.69 Å². The first-order valence-electron chi connectivity index (χ1n) is 9.06. The predicted molar refractivity (Wildman–Crippen MR) is 103 cm³/mol. The Balaban J connectivity index is 1.66. The summed E-state index contributed by atoms with van der Waals surface area (Å²) in [5, 5.41) is 21.3. The van der Waals surface area contributed by atoms with Gasteiger partial charge in [0.2, 0.25) is 0 Å². The smallest absolute Gasteiger partial charge is 0.252 e. The Morgan fingerprint density at radius 3 is 2.78 bits per heavy atom. The molecular weight excluding hydrogens is 340 g/mol. The zero-order valence-corrected chi connectivity index (χ0v) is 14.9. The van der Waals surface area contributed by atoms with Gasteiger partial charge in [-0.3, -0.25) is 4.79 Å². The largest absolute Gasteiger partial charge is 0.389 e. The van der Waals surface area contributed by atoms with Gasteiger partial charge in [-0.05, 0) is 42.8 Å². The average molecular weight is 362 g/mol. The third-order valence-electron chi connectivity index (χ3n) is 5.11. The van der Waals surface area contributed by atoms with Gasteiger partial charge in [0.15, 0.2) is 0 Å². The Bertz CT molecular complexity index is 911. The van der Waals surface area contributed by atoms with Crippen molar-refractivity contribution in [1.29, 1.82) is 0 Å². The number of benzene rings is 2. The summed E-state index contributed by atoms with van der Waals surface area (Å²) in [5.74, 6) is -0.214. The summed E-state index contributed by atoms with van der Waals surface area (Å²) in [6.45, 7) is 1.15. The molecule has 1 amide bonds. The summed E-state index contributed by atoms with van der Waals surface area (Å²) in [6, 6.07) is 18.8. The number of nitrogens with zero attached hydrogens (tertiary/aromatic N) is 2. The number of aliphatic hydroxyl groups excluding tert-OH is 1. The van der Waals surface area contributed by atoms with E-state index in [0.717, 1.165) is 17.8 Å². The van der Waals surface area contributed by atoms with Gasteiger partial charge in [-0.2, -0.15) is 5.10 Å². The number of β-amino-alcohol motifs (C(OH)–C–C–N with tert-alkyl or cyclic N) is 1. The van der Waals surface area contributed by atoms with E-state index in [4.69, 9.17) is 0 Å². The highest BCUT2D eigenvalue weighted by Crippen LogP contribution is 2.31. The van der Waals surface area contributed by atoms with Crippen molar-refractivity contribution in [2.45, 2.75) is 18.1 Å². The number of nitrogens with one attached hydrogen (secondary N) is 2. The van der Waals surface area contributed by atoms with Crippen LogP contribution in [0.3, 0.4) is 0 Å². The van der Waals surface area contributed by atoms with Gasteiger partial charge in [0.25, 0.3) is 5.91 Å². The zero-order valence-electron chi connectivity index (χ0n) is 14.9. The summed E-state index contributed by atoms with van der Waals surface area (Å²) in [5.41, 5.74) is 1.44. The topological polar surface area (TPSA) is 79.2 Å². The molecule has 6 heteroatoms. The molecule has 27 heavy (non-hydrogen) atoms. The first-order chi connectivity index (χ1) is 13.2. The van der Waals surface area contributed by atoms with Gasteiger partial charge >= 0.3 is 0 Å². The van der Waals surface area contributed by atoms with E-state index >= 15 is 0 Å². The highest BCUT2D eigenvalue weighted by Gasteiger charge is 2.42. The van der Waals surface area contributed by atoms with Crippen molar-refractivity contribution in [2.75, 3.05) is 13.1 Å². The summed E-state index contributed by atoms with van der Waals surface area (Å²) in [6.07, 6.45) is 3.43. The summed E-state index contributed by atoms with van der Waals surface area (Å²) >= 11 is 0. The van der Waals surface area contributed by atoms with Gasteiger partial charge in [0, 0.05) is 24.5 Å². The van der Waals surface area contributed by atoms with Gasteiger partial charge < -0.3 is 15.7 Å². The molecule has 3 N–H and O–H groups in total. The SMILES string of the molecule is O=C(N[C@]1(c2ccccc2)CCNC[C@H]1O)c1cccc(-n2cccn2)c1. The second kappa shape index (κ2) is 7.34. The number of aliphatic hydroxyl groups is 1. The van der Waals surface area contributed by atoms with Crippen molar-refractivity contribution in [3.8, 4) is 5.69 Å². The fourth-order valence-corrected chi connectivity index (χ4v) is 3.64. The highest BCUT2D eigenvalue weighted by molar-refractivity contribution is 5.95. The molecule has 2 atom stereocenters. The van der Waals surface area contributed by atoms with Crippen LogP contribution < -0.4 is 10.6 Å². The fraction of sp³-hybridized carbons (Fsp3) is 0.238. The number of carbonyl (C=O) groups is 1. The first-order valence-corrected chi connectivity index (χ1v) is 9.06. The molecule has 0 saturated carbocycles. The van der Waals surface area contributed by atoms with Crippen LogP contribution in [0.5, 0.6) is 0 Å². The Kier molecular flexibility index (Phi) is 4.75. The van der Waals surface area contributed by atoms with Crippen LogP contribution in [0.1, 0.15) is 22.3 Å². The maximum atomic E-state index is 13.1. The maximum absolute atomic E-state index is 13.1. The van der Waals surface area contributed by atoms with E-state index in [1.807, 2.05) is 54.7 Å². The van der Waals surface area contributed by atoms with Crippen molar-refractivity contribution >= 4 is 5.91 Å². The van der Waals surface area contributed by atoms with Crippen LogP contribution in [-0.4, -0.2) is 40.0 Å². The van der Waals surface area contributed by atoms with Crippen LogP contribution in [0, 0.1) is 0 Å². The molecular formula is C21H22N4O2. The van der Waals surface area contributed by atoms with Crippen LogP contribution in [0.15, 0.2) is 73.1 Å². The minimum Gasteiger partial charge on any atom is -0.389 e. The molecule has 4 rings (SSSR count). The lowest BCUT2D eigenvalue weighted by Crippen LogP contribution is -2.61. The lowest BCUT2D eigenvalue weighted by atomic mass is 9.79. The van der Waals surface area contributed by atoms with Crippen molar-refractivity contribution in [3.05, 3.63) is 84.2 Å². The molecule has 0 unspecified atom stereocenters. The highest BCUT2D eigenvalue weighted by atomic mass is 16.3. The van der Waals surface area contributed by atoms with Gasteiger partial charge in [-0.25, -0.2) is 4.68 Å². The molecule has 2 aromatic carbocycles. The summed E-state index contributed by atoms with van der Waals surface area (Å²) in [4.78, 5) is 13.1. The molecule has 0 aliphatic carbocycles. The first kappa shape index (κ1) is 17.5. The average Bonchev–Trinajstić information content (AvgIpc) is 3.25. The molecule has 1 saturated heterocycles. The number of aromatic nitrogens is 2. The second-order valence-electron chi connectivity index (χ2n) is 6.76. The van der Waals surface area contributed by atoms with Crippen LogP contribution in [0.2, 0.25) is 0 Å². The molecule has 1 aliphatic heterocycles. The van der Waals surface area contributed by atoms with E-state index in [-0.39, 0.29) is 5.91 Å². The predicted octanol–water partition coefficient (Wildman–Crippen LogP) is 1.85. The van der Waals surface area contributed by atoms with Crippen molar-refractivity contribution < 1.29 is 9.90 Å². The second-order valence-corrected chi connectivity index (χ2v) is 6.76. The number of amides is 1. The number of hydrogen-bond acceptors (Lipinski definition) is 4. The van der Waals surface area contributed by atoms with Gasteiger partial charge in [-0.15, -0.1) is 0 Å². The minimum atomic E-state index is -0.814.